The molecule has 1 atom stereocenters. The second-order valence-electron chi connectivity index (χ2n) is 6.46. The van der Waals surface area contributed by atoms with Gasteiger partial charge in [0.2, 0.25) is 0 Å². The highest BCUT2D eigenvalue weighted by molar-refractivity contribution is 5.68. The summed E-state index contributed by atoms with van der Waals surface area (Å²) in [4.78, 5) is 22.7. The fraction of sp³-hybridized carbons (Fsp3) is 0.706. The molecule has 0 aromatic carbocycles. The highest BCUT2D eigenvalue weighted by Crippen LogP contribution is 2.19. The number of ether oxygens (including phenoxy) is 3. The molecule has 7 nitrogen and oxygen atoms in total. The van der Waals surface area contributed by atoms with Crippen LogP contribution in [0.1, 0.15) is 37.1 Å². The molecule has 3 rings (SSSR count). The average Bonchev–Trinajstić information content (AvgIpc) is 2.55. The first-order chi connectivity index (χ1) is 11.6. The van der Waals surface area contributed by atoms with Crippen molar-refractivity contribution in [1.82, 2.24) is 14.9 Å². The molecule has 0 saturated carbocycles. The van der Waals surface area contributed by atoms with E-state index < -0.39 is 0 Å². The van der Waals surface area contributed by atoms with Gasteiger partial charge in [0, 0.05) is 30.8 Å². The van der Waals surface area contributed by atoms with Gasteiger partial charge in [0.05, 0.1) is 19.8 Å². The molecule has 0 radical (unpaired) electrons. The summed E-state index contributed by atoms with van der Waals surface area (Å²) in [6.07, 6.45) is 2.94. The molecule has 2 fully saturated rings. The molecule has 2 saturated heterocycles. The first-order valence-electron chi connectivity index (χ1n) is 8.62. The van der Waals surface area contributed by atoms with Gasteiger partial charge in [0.25, 0.3) is 0 Å². The summed E-state index contributed by atoms with van der Waals surface area (Å²) in [5, 5.41) is 0. The number of amides is 1. The van der Waals surface area contributed by atoms with E-state index in [1.165, 1.54) is 0 Å². The molecule has 1 aromatic heterocycles. The predicted octanol–water partition coefficient (Wildman–Crippen LogP) is 2.25. The van der Waals surface area contributed by atoms with Crippen molar-refractivity contribution in [2.45, 2.75) is 51.7 Å². The maximum Gasteiger partial charge on any atom is 0.410 e. The number of hydrogen-bond donors (Lipinski definition) is 0. The minimum atomic E-state index is -0.253. The summed E-state index contributed by atoms with van der Waals surface area (Å²) >= 11 is 0. The van der Waals surface area contributed by atoms with Crippen molar-refractivity contribution in [3.05, 3.63) is 17.5 Å². The molecule has 3 heterocycles. The Kier molecular flexibility index (Phi) is 5.50. The third-order valence-corrected chi connectivity index (χ3v) is 4.31. The topological polar surface area (TPSA) is 73.8 Å². The third-order valence-electron chi connectivity index (χ3n) is 4.31. The number of likely N-dealkylation sites (tertiary alicyclic amines) is 1. The highest BCUT2D eigenvalue weighted by atomic mass is 16.6. The summed E-state index contributed by atoms with van der Waals surface area (Å²) in [6, 6.07) is 2.29. The molecular weight excluding hydrogens is 310 g/mol. The molecule has 132 valence electrons. The number of rotatable bonds is 3. The Bertz CT molecular complexity index is 555. The van der Waals surface area contributed by atoms with Crippen molar-refractivity contribution in [3.8, 4) is 6.01 Å². The van der Waals surface area contributed by atoms with Gasteiger partial charge in [-0.2, -0.15) is 0 Å². The molecule has 1 amide bonds. The van der Waals surface area contributed by atoms with Crippen LogP contribution in [0.5, 0.6) is 6.01 Å². The number of piperidine rings is 1. The Morgan fingerprint density at radius 3 is 2.58 bits per heavy atom. The highest BCUT2D eigenvalue weighted by Gasteiger charge is 2.28. The van der Waals surface area contributed by atoms with E-state index in [-0.39, 0.29) is 18.3 Å². The minimum absolute atomic E-state index is 0.0321. The third kappa shape index (κ3) is 4.56. The number of nitrogens with zero attached hydrogens (tertiary/aromatic N) is 3. The lowest BCUT2D eigenvalue weighted by molar-refractivity contribution is -0.0177. The van der Waals surface area contributed by atoms with E-state index in [4.69, 9.17) is 14.2 Å². The summed E-state index contributed by atoms with van der Waals surface area (Å²) in [5.41, 5.74) is 1.76. The Balaban J connectivity index is 1.54. The van der Waals surface area contributed by atoms with Crippen molar-refractivity contribution in [2.24, 2.45) is 0 Å². The normalized spacial score (nSPS) is 22.2. The molecule has 0 aliphatic carbocycles. The second kappa shape index (κ2) is 7.79. The van der Waals surface area contributed by atoms with Crippen molar-refractivity contribution in [2.75, 3.05) is 26.3 Å². The fourth-order valence-electron chi connectivity index (χ4n) is 3.11. The lowest BCUT2D eigenvalue weighted by atomic mass is 10.1. The first kappa shape index (κ1) is 17.0. The van der Waals surface area contributed by atoms with Gasteiger partial charge in [-0.25, -0.2) is 14.8 Å². The molecule has 0 N–H and O–H groups in total. The number of aryl methyl sites for hydroxylation is 2. The largest absolute Gasteiger partial charge is 0.458 e. The Labute approximate surface area is 142 Å². The van der Waals surface area contributed by atoms with Gasteiger partial charge in [0.15, 0.2) is 0 Å². The Morgan fingerprint density at radius 2 is 1.88 bits per heavy atom. The lowest BCUT2D eigenvalue weighted by Crippen LogP contribution is -2.46. The quantitative estimate of drug-likeness (QED) is 0.843. The smallest absolute Gasteiger partial charge is 0.410 e. The maximum atomic E-state index is 12.3. The van der Waals surface area contributed by atoms with Gasteiger partial charge >= 0.3 is 12.1 Å². The minimum Gasteiger partial charge on any atom is -0.458 e. The van der Waals surface area contributed by atoms with Crippen LogP contribution in [0.4, 0.5) is 4.79 Å². The van der Waals surface area contributed by atoms with Crippen molar-refractivity contribution in [3.63, 3.8) is 0 Å². The zero-order valence-electron chi connectivity index (χ0n) is 14.4. The summed E-state index contributed by atoms with van der Waals surface area (Å²) < 4.78 is 16.8. The van der Waals surface area contributed by atoms with Crippen LogP contribution in [-0.2, 0) is 9.47 Å². The average molecular weight is 335 g/mol. The molecule has 0 spiro atoms. The zero-order valence-corrected chi connectivity index (χ0v) is 14.4. The van der Waals surface area contributed by atoms with Crippen LogP contribution in [0.25, 0.3) is 0 Å². The summed E-state index contributed by atoms with van der Waals surface area (Å²) in [7, 11) is 0. The van der Waals surface area contributed by atoms with Gasteiger partial charge in [-0.05, 0) is 32.8 Å². The van der Waals surface area contributed by atoms with E-state index in [0.717, 1.165) is 37.1 Å². The summed E-state index contributed by atoms with van der Waals surface area (Å²) in [6.45, 7) is 6.37. The maximum absolute atomic E-state index is 12.3. The van der Waals surface area contributed by atoms with Crippen LogP contribution in [0.3, 0.4) is 0 Å². The zero-order chi connectivity index (χ0) is 16.9. The fourth-order valence-corrected chi connectivity index (χ4v) is 3.11. The van der Waals surface area contributed by atoms with Gasteiger partial charge in [-0.3, -0.25) is 0 Å². The molecule has 1 unspecified atom stereocenters. The van der Waals surface area contributed by atoms with Gasteiger partial charge < -0.3 is 19.1 Å². The summed E-state index contributed by atoms with van der Waals surface area (Å²) in [5.74, 6) is 0. The molecule has 0 bridgehead atoms. The number of carbonyl (C=O) groups excluding carboxylic acids is 1. The number of carbonyl (C=O) groups is 1. The van der Waals surface area contributed by atoms with E-state index in [0.29, 0.717) is 32.3 Å². The van der Waals surface area contributed by atoms with Gasteiger partial charge in [-0.15, -0.1) is 0 Å². The molecular formula is C17H25N3O4. The number of hydrogen-bond acceptors (Lipinski definition) is 6. The van der Waals surface area contributed by atoms with Crippen LogP contribution < -0.4 is 4.74 Å². The Hall–Kier alpha value is -1.89. The van der Waals surface area contributed by atoms with Crippen LogP contribution in [-0.4, -0.2) is 59.5 Å². The monoisotopic (exact) mass is 335 g/mol. The van der Waals surface area contributed by atoms with E-state index in [2.05, 4.69) is 9.97 Å². The lowest BCUT2D eigenvalue weighted by Gasteiger charge is -2.33. The first-order valence-corrected chi connectivity index (χ1v) is 8.62. The molecule has 24 heavy (non-hydrogen) atoms. The van der Waals surface area contributed by atoms with Crippen LogP contribution in [0.2, 0.25) is 0 Å². The van der Waals surface area contributed by atoms with Gasteiger partial charge in [0.1, 0.15) is 12.2 Å². The molecule has 2 aliphatic heterocycles. The SMILES string of the molecule is Cc1cc(C)nc(OC2CCCN(C(=O)OC3CCOCC3)C2)n1. The van der Waals surface area contributed by atoms with E-state index in [1.807, 2.05) is 19.9 Å². The van der Waals surface area contributed by atoms with Crippen LogP contribution in [0, 0.1) is 13.8 Å². The van der Waals surface area contributed by atoms with Crippen molar-refractivity contribution in [1.29, 1.82) is 0 Å². The molecule has 7 heteroatoms. The molecule has 1 aromatic rings. The Morgan fingerprint density at radius 1 is 1.17 bits per heavy atom. The van der Waals surface area contributed by atoms with E-state index in [9.17, 15) is 4.79 Å². The van der Waals surface area contributed by atoms with Crippen LogP contribution >= 0.6 is 0 Å². The standard InChI is InChI=1S/C17H25N3O4/c1-12-10-13(2)19-16(18-12)23-15-4-3-7-20(11-15)17(21)24-14-5-8-22-9-6-14/h10,14-15H,3-9,11H2,1-2H3. The molecule has 2 aliphatic rings. The van der Waals surface area contributed by atoms with Crippen LogP contribution in [0.15, 0.2) is 6.07 Å². The predicted molar refractivity (Wildman–Crippen MR) is 87.1 cm³/mol. The van der Waals surface area contributed by atoms with E-state index >= 15 is 0 Å². The van der Waals surface area contributed by atoms with Crippen molar-refractivity contribution < 1.29 is 19.0 Å². The number of aromatic nitrogens is 2. The van der Waals surface area contributed by atoms with Gasteiger partial charge in [-0.1, -0.05) is 0 Å². The second-order valence-corrected chi connectivity index (χ2v) is 6.46. The van der Waals surface area contributed by atoms with Crippen molar-refractivity contribution >= 4 is 6.09 Å². The van der Waals surface area contributed by atoms with E-state index in [1.54, 1.807) is 4.90 Å².